The lowest BCUT2D eigenvalue weighted by Gasteiger charge is -2.13. The van der Waals surface area contributed by atoms with Gasteiger partial charge < -0.3 is 19.9 Å². The van der Waals surface area contributed by atoms with Crippen LogP contribution in [0.5, 0.6) is 0 Å². The molecule has 2 aliphatic rings. The van der Waals surface area contributed by atoms with Gasteiger partial charge in [0, 0.05) is 13.0 Å². The molecule has 1 heterocycles. The van der Waals surface area contributed by atoms with Crippen molar-refractivity contribution in [3.63, 3.8) is 0 Å². The molecular formula is C12H19NO5. The topological polar surface area (TPSA) is 84.9 Å². The van der Waals surface area contributed by atoms with Crippen LogP contribution in [-0.4, -0.2) is 48.4 Å². The summed E-state index contributed by atoms with van der Waals surface area (Å²) in [7, 11) is 0. The lowest BCUT2D eigenvalue weighted by molar-refractivity contribution is -0.143. The van der Waals surface area contributed by atoms with Crippen LogP contribution < -0.4 is 5.32 Å². The van der Waals surface area contributed by atoms with Crippen LogP contribution in [0.1, 0.15) is 32.1 Å². The molecule has 0 spiro atoms. The summed E-state index contributed by atoms with van der Waals surface area (Å²) < 4.78 is 10.7. The molecule has 2 rings (SSSR count). The number of nitrogens with one attached hydrogen (secondary N) is 1. The summed E-state index contributed by atoms with van der Waals surface area (Å²) in [5.74, 6) is -1.21. The molecule has 2 N–H and O–H groups in total. The maximum Gasteiger partial charge on any atom is 0.329 e. The first kappa shape index (κ1) is 13.3. The summed E-state index contributed by atoms with van der Waals surface area (Å²) in [4.78, 5) is 22.4. The summed E-state index contributed by atoms with van der Waals surface area (Å²) in [5.41, 5.74) is -0.994. The van der Waals surface area contributed by atoms with Crippen molar-refractivity contribution in [2.75, 3.05) is 19.8 Å². The van der Waals surface area contributed by atoms with Crippen LogP contribution in [0.3, 0.4) is 0 Å². The van der Waals surface area contributed by atoms with Crippen molar-refractivity contribution in [2.24, 2.45) is 0 Å². The standard InChI is InChI=1S/C12H19NO5/c14-10(13-12(4-5-12)11(15)16)3-7-17-8-9-2-1-6-18-9/h9H,1-8H2,(H,13,14)(H,15,16). The van der Waals surface area contributed by atoms with Crippen molar-refractivity contribution in [2.45, 2.75) is 43.7 Å². The smallest absolute Gasteiger partial charge is 0.329 e. The van der Waals surface area contributed by atoms with Gasteiger partial charge >= 0.3 is 5.97 Å². The van der Waals surface area contributed by atoms with Crippen LogP contribution in [0.25, 0.3) is 0 Å². The molecular weight excluding hydrogens is 238 g/mol. The molecule has 6 heteroatoms. The van der Waals surface area contributed by atoms with Gasteiger partial charge in [-0.3, -0.25) is 4.79 Å². The second-order valence-electron chi connectivity index (χ2n) is 4.90. The molecule has 102 valence electrons. The molecule has 0 aromatic heterocycles. The van der Waals surface area contributed by atoms with Crippen LogP contribution in [0.2, 0.25) is 0 Å². The summed E-state index contributed by atoms with van der Waals surface area (Å²) in [6.07, 6.45) is 3.46. The molecule has 1 saturated heterocycles. The van der Waals surface area contributed by atoms with Crippen molar-refractivity contribution < 1.29 is 24.2 Å². The summed E-state index contributed by atoms with van der Waals surface area (Å²) in [6.45, 7) is 1.61. The number of aliphatic carboxylic acids is 1. The van der Waals surface area contributed by atoms with E-state index in [1.807, 2.05) is 0 Å². The molecule has 1 aliphatic heterocycles. The molecule has 1 saturated carbocycles. The highest BCUT2D eigenvalue weighted by molar-refractivity contribution is 5.89. The Labute approximate surface area is 106 Å². The van der Waals surface area contributed by atoms with E-state index in [2.05, 4.69) is 5.32 Å². The predicted octanol–water partition coefficient (Wildman–Crippen LogP) is 0.305. The molecule has 6 nitrogen and oxygen atoms in total. The number of rotatable bonds is 7. The van der Waals surface area contributed by atoms with Crippen molar-refractivity contribution >= 4 is 11.9 Å². The lowest BCUT2D eigenvalue weighted by atomic mass is 10.2. The monoisotopic (exact) mass is 257 g/mol. The Morgan fingerprint density at radius 1 is 1.44 bits per heavy atom. The van der Waals surface area contributed by atoms with Crippen molar-refractivity contribution in [1.29, 1.82) is 0 Å². The second-order valence-corrected chi connectivity index (χ2v) is 4.90. The van der Waals surface area contributed by atoms with E-state index < -0.39 is 11.5 Å². The third kappa shape index (κ3) is 3.43. The number of carboxylic acid groups (broad SMARTS) is 1. The Morgan fingerprint density at radius 3 is 2.78 bits per heavy atom. The summed E-state index contributed by atoms with van der Waals surface area (Å²) in [6, 6.07) is 0. The van der Waals surface area contributed by atoms with E-state index in [0.29, 0.717) is 26.1 Å². The zero-order valence-electron chi connectivity index (χ0n) is 10.3. The zero-order chi connectivity index (χ0) is 13.0. The second kappa shape index (κ2) is 5.67. The number of carbonyl (C=O) groups is 2. The highest BCUT2D eigenvalue weighted by atomic mass is 16.5. The number of ether oxygens (including phenoxy) is 2. The number of carboxylic acids is 1. The third-order valence-electron chi connectivity index (χ3n) is 3.34. The van der Waals surface area contributed by atoms with Crippen LogP contribution >= 0.6 is 0 Å². The van der Waals surface area contributed by atoms with E-state index in [4.69, 9.17) is 14.6 Å². The molecule has 1 unspecified atom stereocenters. The van der Waals surface area contributed by atoms with Gasteiger partial charge in [-0.25, -0.2) is 4.79 Å². The van der Waals surface area contributed by atoms with Gasteiger partial charge in [-0.05, 0) is 25.7 Å². The minimum absolute atomic E-state index is 0.154. The van der Waals surface area contributed by atoms with E-state index in [0.717, 1.165) is 19.4 Å². The first-order valence-electron chi connectivity index (χ1n) is 6.36. The maximum atomic E-state index is 11.5. The molecule has 0 radical (unpaired) electrons. The van der Waals surface area contributed by atoms with Crippen molar-refractivity contribution in [1.82, 2.24) is 5.32 Å². The normalized spacial score (nSPS) is 24.8. The largest absolute Gasteiger partial charge is 0.480 e. The first-order chi connectivity index (χ1) is 8.62. The van der Waals surface area contributed by atoms with E-state index >= 15 is 0 Å². The minimum atomic E-state index is -0.994. The van der Waals surface area contributed by atoms with Gasteiger partial charge in [-0.1, -0.05) is 0 Å². The fourth-order valence-electron chi connectivity index (χ4n) is 2.00. The van der Waals surface area contributed by atoms with Crippen LogP contribution in [0, 0.1) is 0 Å². The molecule has 1 amide bonds. The molecule has 0 bridgehead atoms. The highest BCUT2D eigenvalue weighted by Gasteiger charge is 2.51. The van der Waals surface area contributed by atoms with E-state index in [9.17, 15) is 9.59 Å². The zero-order valence-corrected chi connectivity index (χ0v) is 10.3. The SMILES string of the molecule is O=C(CCOCC1CCCO1)NC1(C(=O)O)CC1. The quantitative estimate of drug-likeness (QED) is 0.641. The predicted molar refractivity (Wildman–Crippen MR) is 62.2 cm³/mol. The highest BCUT2D eigenvalue weighted by Crippen LogP contribution is 2.35. The van der Waals surface area contributed by atoms with Crippen molar-refractivity contribution in [3.8, 4) is 0 Å². The molecule has 1 aliphatic carbocycles. The first-order valence-corrected chi connectivity index (χ1v) is 6.36. The number of hydrogen-bond acceptors (Lipinski definition) is 4. The molecule has 0 aromatic carbocycles. The minimum Gasteiger partial charge on any atom is -0.480 e. The number of hydrogen-bond donors (Lipinski definition) is 2. The van der Waals surface area contributed by atoms with Gasteiger partial charge in [0.05, 0.1) is 19.3 Å². The molecule has 2 fully saturated rings. The maximum absolute atomic E-state index is 11.5. The number of carbonyl (C=O) groups excluding carboxylic acids is 1. The molecule has 0 aromatic rings. The lowest BCUT2D eigenvalue weighted by Crippen LogP contribution is -2.43. The van der Waals surface area contributed by atoms with Crippen LogP contribution in [0.15, 0.2) is 0 Å². The molecule has 18 heavy (non-hydrogen) atoms. The summed E-state index contributed by atoms with van der Waals surface area (Å²) >= 11 is 0. The van der Waals surface area contributed by atoms with Gasteiger partial charge in [-0.15, -0.1) is 0 Å². The van der Waals surface area contributed by atoms with E-state index in [1.54, 1.807) is 0 Å². The average Bonchev–Trinajstić information content (AvgIpc) is 2.92. The Morgan fingerprint density at radius 2 is 2.22 bits per heavy atom. The van der Waals surface area contributed by atoms with Gasteiger partial charge in [0.2, 0.25) is 5.91 Å². The Balaban J connectivity index is 1.56. The van der Waals surface area contributed by atoms with Crippen molar-refractivity contribution in [3.05, 3.63) is 0 Å². The Kier molecular flexibility index (Phi) is 4.19. The van der Waals surface area contributed by atoms with Gasteiger partial charge in [-0.2, -0.15) is 0 Å². The fourth-order valence-corrected chi connectivity index (χ4v) is 2.00. The summed E-state index contributed by atoms with van der Waals surface area (Å²) in [5, 5.41) is 11.5. The van der Waals surface area contributed by atoms with Gasteiger partial charge in [0.15, 0.2) is 0 Å². The van der Waals surface area contributed by atoms with E-state index in [-0.39, 0.29) is 18.4 Å². The number of amides is 1. The average molecular weight is 257 g/mol. The van der Waals surface area contributed by atoms with Crippen LogP contribution in [-0.2, 0) is 19.1 Å². The fraction of sp³-hybridized carbons (Fsp3) is 0.833. The third-order valence-corrected chi connectivity index (χ3v) is 3.34. The van der Waals surface area contributed by atoms with Gasteiger partial charge in [0.1, 0.15) is 5.54 Å². The Hall–Kier alpha value is -1.14. The van der Waals surface area contributed by atoms with Gasteiger partial charge in [0.25, 0.3) is 0 Å². The van der Waals surface area contributed by atoms with E-state index in [1.165, 1.54) is 0 Å². The molecule has 1 atom stereocenters. The van der Waals surface area contributed by atoms with Crippen LogP contribution in [0.4, 0.5) is 0 Å². The Bertz CT molecular complexity index is 320.